The van der Waals surface area contributed by atoms with Gasteiger partial charge >= 0.3 is 0 Å². The lowest BCUT2D eigenvalue weighted by atomic mass is 9.81. The number of carbonyl (C=O) groups is 1. The van der Waals surface area contributed by atoms with Gasteiger partial charge in [-0.1, -0.05) is 24.6 Å². The highest BCUT2D eigenvalue weighted by Crippen LogP contribution is 2.26. The van der Waals surface area contributed by atoms with Crippen LogP contribution in [-0.4, -0.2) is 25.5 Å². The summed E-state index contributed by atoms with van der Waals surface area (Å²) in [5.41, 5.74) is 3.21. The van der Waals surface area contributed by atoms with Crippen LogP contribution < -0.4 is 10.6 Å². The number of halogens is 1. The zero-order valence-corrected chi connectivity index (χ0v) is 13.4. The maximum absolute atomic E-state index is 12.3. The van der Waals surface area contributed by atoms with Gasteiger partial charge in [-0.3, -0.25) is 4.79 Å². The smallest absolute Gasteiger partial charge is 0.251 e. The fourth-order valence-corrected chi connectivity index (χ4v) is 2.58. The molecule has 2 rings (SSSR count). The van der Waals surface area contributed by atoms with Crippen molar-refractivity contribution in [2.75, 3.05) is 19.6 Å². The van der Waals surface area contributed by atoms with E-state index in [4.69, 9.17) is 0 Å². The second kappa shape index (κ2) is 7.09. The van der Waals surface area contributed by atoms with E-state index in [0.29, 0.717) is 0 Å². The number of hydrogen-bond acceptors (Lipinski definition) is 2. The van der Waals surface area contributed by atoms with Gasteiger partial charge in [0.15, 0.2) is 0 Å². The molecule has 0 aliphatic carbocycles. The Bertz CT molecular complexity index is 468. The van der Waals surface area contributed by atoms with Crippen molar-refractivity contribution in [3.63, 3.8) is 0 Å². The van der Waals surface area contributed by atoms with Gasteiger partial charge in [-0.15, -0.1) is 12.4 Å². The SMILES string of the molecule is Cc1ccc(C)c(C(=O)NCC2(C)CCNCC2)c1.Cl. The van der Waals surface area contributed by atoms with E-state index in [1.807, 2.05) is 32.0 Å². The van der Waals surface area contributed by atoms with Crippen LogP contribution in [-0.2, 0) is 0 Å². The molecule has 3 nitrogen and oxygen atoms in total. The average molecular weight is 297 g/mol. The maximum Gasteiger partial charge on any atom is 0.251 e. The first kappa shape index (κ1) is 17.0. The summed E-state index contributed by atoms with van der Waals surface area (Å²) < 4.78 is 0. The molecule has 1 aromatic rings. The number of benzene rings is 1. The van der Waals surface area contributed by atoms with Crippen molar-refractivity contribution < 1.29 is 4.79 Å². The summed E-state index contributed by atoms with van der Waals surface area (Å²) in [6.07, 6.45) is 2.25. The van der Waals surface area contributed by atoms with Crippen LogP contribution in [0.5, 0.6) is 0 Å². The van der Waals surface area contributed by atoms with E-state index < -0.39 is 0 Å². The first-order valence-corrected chi connectivity index (χ1v) is 7.06. The Kier molecular flexibility index (Phi) is 6.03. The highest BCUT2D eigenvalue weighted by Gasteiger charge is 2.27. The minimum atomic E-state index is 0. The third-order valence-corrected chi connectivity index (χ3v) is 4.12. The predicted molar refractivity (Wildman–Crippen MR) is 85.7 cm³/mol. The topological polar surface area (TPSA) is 41.1 Å². The molecule has 1 fully saturated rings. The molecule has 0 atom stereocenters. The number of aryl methyl sites for hydroxylation is 2. The van der Waals surface area contributed by atoms with Crippen molar-refractivity contribution in [1.29, 1.82) is 0 Å². The van der Waals surface area contributed by atoms with Crippen molar-refractivity contribution in [2.45, 2.75) is 33.6 Å². The Hall–Kier alpha value is -1.06. The number of carbonyl (C=O) groups excluding carboxylic acids is 1. The standard InChI is InChI=1S/C16H24N2O.ClH/c1-12-4-5-13(2)14(10-12)15(19)18-11-16(3)6-8-17-9-7-16;/h4-5,10,17H,6-9,11H2,1-3H3,(H,18,19);1H. The molecule has 2 N–H and O–H groups in total. The van der Waals surface area contributed by atoms with Crippen LogP contribution in [0.3, 0.4) is 0 Å². The Balaban J connectivity index is 0.00000200. The van der Waals surface area contributed by atoms with Crippen molar-refractivity contribution in [1.82, 2.24) is 10.6 Å². The van der Waals surface area contributed by atoms with Gasteiger partial charge in [0.1, 0.15) is 0 Å². The molecule has 1 aliphatic rings. The molecule has 20 heavy (non-hydrogen) atoms. The first-order chi connectivity index (χ1) is 9.00. The average Bonchev–Trinajstić information content (AvgIpc) is 2.40. The van der Waals surface area contributed by atoms with Crippen LogP contribution in [0.2, 0.25) is 0 Å². The third kappa shape index (κ3) is 4.22. The summed E-state index contributed by atoms with van der Waals surface area (Å²) in [7, 11) is 0. The van der Waals surface area contributed by atoms with E-state index in [-0.39, 0.29) is 23.7 Å². The minimum absolute atomic E-state index is 0. The highest BCUT2D eigenvalue weighted by molar-refractivity contribution is 5.95. The van der Waals surface area contributed by atoms with E-state index in [2.05, 4.69) is 17.6 Å². The maximum atomic E-state index is 12.3. The second-order valence-corrected chi connectivity index (χ2v) is 6.06. The van der Waals surface area contributed by atoms with Gasteiger partial charge in [0.2, 0.25) is 0 Å². The molecule has 0 aromatic heterocycles. The summed E-state index contributed by atoms with van der Waals surface area (Å²) in [6, 6.07) is 6.02. The summed E-state index contributed by atoms with van der Waals surface area (Å²) in [5, 5.41) is 6.47. The molecule has 1 amide bonds. The monoisotopic (exact) mass is 296 g/mol. The first-order valence-electron chi connectivity index (χ1n) is 7.06. The van der Waals surface area contributed by atoms with E-state index in [9.17, 15) is 4.79 Å². The zero-order chi connectivity index (χ0) is 13.9. The summed E-state index contributed by atoms with van der Waals surface area (Å²) in [6.45, 7) is 9.13. The van der Waals surface area contributed by atoms with E-state index in [1.165, 1.54) is 0 Å². The van der Waals surface area contributed by atoms with Crippen LogP contribution >= 0.6 is 12.4 Å². The molecule has 112 valence electrons. The summed E-state index contributed by atoms with van der Waals surface area (Å²) in [4.78, 5) is 12.3. The van der Waals surface area contributed by atoms with Gasteiger partial charge < -0.3 is 10.6 Å². The van der Waals surface area contributed by atoms with Crippen LogP contribution in [0.15, 0.2) is 18.2 Å². The lowest BCUT2D eigenvalue weighted by Crippen LogP contribution is -2.43. The molecule has 0 bridgehead atoms. The number of amides is 1. The number of hydrogen-bond donors (Lipinski definition) is 2. The molecule has 1 aliphatic heterocycles. The molecular formula is C16H25ClN2O. The summed E-state index contributed by atoms with van der Waals surface area (Å²) in [5.74, 6) is 0.0564. The van der Waals surface area contributed by atoms with Gasteiger partial charge in [0.05, 0.1) is 0 Å². The zero-order valence-electron chi connectivity index (χ0n) is 12.6. The Morgan fingerprint density at radius 3 is 2.60 bits per heavy atom. The highest BCUT2D eigenvalue weighted by atomic mass is 35.5. The lowest BCUT2D eigenvalue weighted by Gasteiger charge is -2.34. The minimum Gasteiger partial charge on any atom is -0.351 e. The van der Waals surface area contributed by atoms with Crippen LogP contribution in [0.4, 0.5) is 0 Å². The fraction of sp³-hybridized carbons (Fsp3) is 0.562. The molecule has 1 aromatic carbocycles. The normalized spacial score (nSPS) is 17.1. The van der Waals surface area contributed by atoms with Gasteiger partial charge in [0.25, 0.3) is 5.91 Å². The number of piperidine rings is 1. The molecule has 1 saturated heterocycles. The predicted octanol–water partition coefficient (Wildman–Crippen LogP) is 2.84. The number of rotatable bonds is 3. The van der Waals surface area contributed by atoms with E-state index in [0.717, 1.165) is 49.2 Å². The van der Waals surface area contributed by atoms with Gasteiger partial charge in [-0.25, -0.2) is 0 Å². The summed E-state index contributed by atoms with van der Waals surface area (Å²) >= 11 is 0. The number of nitrogens with one attached hydrogen (secondary N) is 2. The molecule has 0 unspecified atom stereocenters. The van der Waals surface area contributed by atoms with E-state index >= 15 is 0 Å². The molecule has 0 radical (unpaired) electrons. The van der Waals surface area contributed by atoms with Crippen LogP contribution in [0.25, 0.3) is 0 Å². The van der Waals surface area contributed by atoms with Crippen LogP contribution in [0.1, 0.15) is 41.3 Å². The van der Waals surface area contributed by atoms with Gasteiger partial charge in [-0.2, -0.15) is 0 Å². The molecule has 4 heteroatoms. The van der Waals surface area contributed by atoms with E-state index in [1.54, 1.807) is 0 Å². The van der Waals surface area contributed by atoms with Gasteiger partial charge in [-0.05, 0) is 56.8 Å². The second-order valence-electron chi connectivity index (χ2n) is 6.06. The lowest BCUT2D eigenvalue weighted by molar-refractivity contribution is 0.0921. The fourth-order valence-electron chi connectivity index (χ4n) is 2.58. The quantitative estimate of drug-likeness (QED) is 0.900. The van der Waals surface area contributed by atoms with Gasteiger partial charge in [0, 0.05) is 12.1 Å². The van der Waals surface area contributed by atoms with Crippen molar-refractivity contribution >= 4 is 18.3 Å². The van der Waals surface area contributed by atoms with Crippen LogP contribution in [0, 0.1) is 19.3 Å². The Labute approximate surface area is 127 Å². The molecular weight excluding hydrogens is 272 g/mol. The van der Waals surface area contributed by atoms with Crippen molar-refractivity contribution in [3.8, 4) is 0 Å². The largest absolute Gasteiger partial charge is 0.351 e. The van der Waals surface area contributed by atoms with Crippen molar-refractivity contribution in [3.05, 3.63) is 34.9 Å². The van der Waals surface area contributed by atoms with Crippen molar-refractivity contribution in [2.24, 2.45) is 5.41 Å². The molecule has 1 heterocycles. The third-order valence-electron chi connectivity index (χ3n) is 4.12. The Morgan fingerprint density at radius 2 is 1.95 bits per heavy atom. The molecule has 0 spiro atoms. The Morgan fingerprint density at radius 1 is 1.30 bits per heavy atom. The molecule has 0 saturated carbocycles.